The Kier molecular flexibility index (Phi) is 5.33. The zero-order chi connectivity index (χ0) is 24.1. The van der Waals surface area contributed by atoms with Crippen LogP contribution in [-0.4, -0.2) is 52.9 Å². The van der Waals surface area contributed by atoms with E-state index in [4.69, 9.17) is 11.1 Å². The first-order chi connectivity index (χ1) is 15.4. The van der Waals surface area contributed by atoms with Gasteiger partial charge in [-0.25, -0.2) is 9.78 Å². The molecule has 2 aliphatic rings. The summed E-state index contributed by atoms with van der Waals surface area (Å²) in [5.41, 5.74) is 5.08. The van der Waals surface area contributed by atoms with E-state index in [-0.39, 0.29) is 11.5 Å². The molecule has 1 aliphatic heterocycles. The molecule has 3 heterocycles. The van der Waals surface area contributed by atoms with Crippen LogP contribution in [0.25, 0.3) is 0 Å². The molecular formula is C21H24F3N7O2. The van der Waals surface area contributed by atoms with Gasteiger partial charge in [-0.2, -0.15) is 13.2 Å². The Hall–Kier alpha value is -3.57. The summed E-state index contributed by atoms with van der Waals surface area (Å²) in [6, 6.07) is 1.76. The summed E-state index contributed by atoms with van der Waals surface area (Å²) < 4.78 is 40.0. The third-order valence-corrected chi connectivity index (χ3v) is 6.47. The molecule has 0 unspecified atom stereocenters. The van der Waals surface area contributed by atoms with E-state index in [9.17, 15) is 22.8 Å². The minimum Gasteiger partial charge on any atom is -0.383 e. The number of hydrogen-bond acceptors (Lipinski definition) is 6. The Balaban J connectivity index is 1.36. The quantitative estimate of drug-likeness (QED) is 0.602. The maximum absolute atomic E-state index is 13.1. The number of pyridine rings is 2. The summed E-state index contributed by atoms with van der Waals surface area (Å²) in [6.07, 6.45) is 0.377. The van der Waals surface area contributed by atoms with Crippen LogP contribution in [0.4, 0.5) is 35.2 Å². The van der Waals surface area contributed by atoms with E-state index in [0.717, 1.165) is 42.4 Å². The average molecular weight is 463 g/mol. The molecule has 33 heavy (non-hydrogen) atoms. The molecule has 1 aliphatic carbocycles. The lowest BCUT2D eigenvalue weighted by molar-refractivity contribution is -0.138. The summed E-state index contributed by atoms with van der Waals surface area (Å²) in [7, 11) is 2.78. The lowest BCUT2D eigenvalue weighted by Gasteiger charge is -2.61. The standard InChI is InChI=1S/C21H24F3N7O2/c1-29-9-13(21(22,23)24)4-16(18(29)32)28-19(33)30(2)15-5-20(6-15)10-31(11-20)14-3-12(7-25)17(26)27-8-14/h3-4,7-9,15,25H,5-6,10-11H2,1-2H3,(H2,26,27)(H,28,33). The predicted molar refractivity (Wildman–Crippen MR) is 118 cm³/mol. The van der Waals surface area contributed by atoms with Gasteiger partial charge in [0.2, 0.25) is 0 Å². The highest BCUT2D eigenvalue weighted by molar-refractivity contribution is 5.89. The van der Waals surface area contributed by atoms with Gasteiger partial charge in [0.25, 0.3) is 5.56 Å². The van der Waals surface area contributed by atoms with E-state index in [1.165, 1.54) is 11.9 Å². The number of carbonyl (C=O) groups is 1. The lowest BCUT2D eigenvalue weighted by atomic mass is 9.60. The number of aryl methyl sites for hydroxylation is 1. The van der Waals surface area contributed by atoms with Gasteiger partial charge in [0.1, 0.15) is 11.5 Å². The van der Waals surface area contributed by atoms with E-state index in [1.807, 2.05) is 6.07 Å². The molecule has 4 N–H and O–H groups in total. The number of halogens is 3. The van der Waals surface area contributed by atoms with Gasteiger partial charge >= 0.3 is 12.2 Å². The Bertz CT molecular complexity index is 1160. The van der Waals surface area contributed by atoms with Gasteiger partial charge in [0.15, 0.2) is 0 Å². The third kappa shape index (κ3) is 4.12. The predicted octanol–water partition coefficient (Wildman–Crippen LogP) is 2.51. The molecule has 1 saturated heterocycles. The number of nitrogens with two attached hydrogens (primary N) is 1. The molecule has 0 bridgehead atoms. The number of aromatic nitrogens is 2. The van der Waals surface area contributed by atoms with Crippen molar-refractivity contribution in [1.29, 1.82) is 5.41 Å². The molecule has 176 valence electrons. The Labute approximate surface area is 187 Å². The highest BCUT2D eigenvalue weighted by Crippen LogP contribution is 2.51. The minimum absolute atomic E-state index is 0.0533. The van der Waals surface area contributed by atoms with Crippen LogP contribution < -0.4 is 21.5 Å². The lowest BCUT2D eigenvalue weighted by Crippen LogP contribution is -2.67. The molecule has 0 radical (unpaired) electrons. The molecule has 12 heteroatoms. The number of nitrogens with one attached hydrogen (secondary N) is 2. The van der Waals surface area contributed by atoms with Gasteiger partial charge in [0, 0.05) is 56.6 Å². The number of urea groups is 1. The largest absolute Gasteiger partial charge is 0.417 e. The van der Waals surface area contributed by atoms with Crippen molar-refractivity contribution in [3.8, 4) is 0 Å². The molecule has 1 saturated carbocycles. The van der Waals surface area contributed by atoms with Crippen molar-refractivity contribution in [3.05, 3.63) is 46.0 Å². The van der Waals surface area contributed by atoms with Crippen LogP contribution in [-0.2, 0) is 13.2 Å². The first-order valence-electron chi connectivity index (χ1n) is 10.2. The zero-order valence-corrected chi connectivity index (χ0v) is 18.1. The van der Waals surface area contributed by atoms with Crippen LogP contribution in [0.1, 0.15) is 24.0 Å². The number of nitrogens with zero attached hydrogens (tertiary/aromatic N) is 4. The van der Waals surface area contributed by atoms with Gasteiger partial charge < -0.3 is 30.8 Å². The molecule has 2 fully saturated rings. The van der Waals surface area contributed by atoms with Crippen LogP contribution in [0.5, 0.6) is 0 Å². The molecule has 9 nitrogen and oxygen atoms in total. The minimum atomic E-state index is -4.63. The number of alkyl halides is 3. The van der Waals surface area contributed by atoms with Crippen molar-refractivity contribution in [3.63, 3.8) is 0 Å². The van der Waals surface area contributed by atoms with Crippen molar-refractivity contribution in [1.82, 2.24) is 14.5 Å². The summed E-state index contributed by atoms with van der Waals surface area (Å²) in [6.45, 7) is 1.55. The van der Waals surface area contributed by atoms with Crippen LogP contribution in [0.15, 0.2) is 29.3 Å². The number of nitrogen functional groups attached to an aromatic ring is 1. The zero-order valence-electron chi connectivity index (χ0n) is 18.1. The molecule has 1 spiro atoms. The van der Waals surface area contributed by atoms with Gasteiger partial charge in [-0.3, -0.25) is 4.79 Å². The topological polar surface area (TPSA) is 120 Å². The number of rotatable bonds is 4. The second-order valence-corrected chi connectivity index (χ2v) is 8.83. The molecule has 2 amide bonds. The SMILES string of the molecule is CN(C(=O)Nc1cc(C(F)(F)F)cn(C)c1=O)C1CC2(C1)CN(c1cnc(N)c(C=N)c1)C2. The average Bonchev–Trinajstić information content (AvgIpc) is 2.69. The maximum Gasteiger partial charge on any atom is 0.417 e. The summed E-state index contributed by atoms with van der Waals surface area (Å²) in [5.74, 6) is 0.302. The van der Waals surface area contributed by atoms with Crippen LogP contribution in [0.2, 0.25) is 0 Å². The number of anilines is 3. The highest BCUT2D eigenvalue weighted by atomic mass is 19.4. The van der Waals surface area contributed by atoms with E-state index < -0.39 is 29.0 Å². The van der Waals surface area contributed by atoms with Crippen LogP contribution >= 0.6 is 0 Å². The molecular weight excluding hydrogens is 439 g/mol. The fourth-order valence-corrected chi connectivity index (χ4v) is 4.51. The monoisotopic (exact) mass is 463 g/mol. The number of amides is 2. The Morgan fingerprint density at radius 1 is 1.36 bits per heavy atom. The highest BCUT2D eigenvalue weighted by Gasteiger charge is 2.54. The normalized spacial score (nSPS) is 17.3. The summed E-state index contributed by atoms with van der Waals surface area (Å²) in [5, 5.41) is 9.73. The van der Waals surface area contributed by atoms with Crippen molar-refractivity contribution in [2.24, 2.45) is 12.5 Å². The Morgan fingerprint density at radius 3 is 2.64 bits per heavy atom. The van der Waals surface area contributed by atoms with E-state index in [1.54, 1.807) is 13.2 Å². The van der Waals surface area contributed by atoms with E-state index >= 15 is 0 Å². The fraction of sp³-hybridized carbons (Fsp3) is 0.429. The molecule has 2 aromatic rings. The smallest absolute Gasteiger partial charge is 0.383 e. The van der Waals surface area contributed by atoms with Gasteiger partial charge in [0.05, 0.1) is 17.4 Å². The Morgan fingerprint density at radius 2 is 2.03 bits per heavy atom. The molecule has 0 aromatic carbocycles. The van der Waals surface area contributed by atoms with Crippen molar-refractivity contribution in [2.45, 2.75) is 25.1 Å². The molecule has 0 atom stereocenters. The van der Waals surface area contributed by atoms with E-state index in [0.29, 0.717) is 23.6 Å². The van der Waals surface area contributed by atoms with Gasteiger partial charge in [-0.05, 0) is 25.0 Å². The van der Waals surface area contributed by atoms with E-state index in [2.05, 4.69) is 15.2 Å². The molecule has 2 aromatic heterocycles. The number of hydrogen-bond donors (Lipinski definition) is 3. The van der Waals surface area contributed by atoms with Gasteiger partial charge in [-0.15, -0.1) is 0 Å². The first-order valence-corrected chi connectivity index (χ1v) is 10.2. The maximum atomic E-state index is 13.1. The second kappa shape index (κ2) is 7.78. The number of carbonyl (C=O) groups excluding carboxylic acids is 1. The summed E-state index contributed by atoms with van der Waals surface area (Å²) >= 11 is 0. The van der Waals surface area contributed by atoms with Crippen molar-refractivity contribution in [2.75, 3.05) is 36.1 Å². The summed E-state index contributed by atoms with van der Waals surface area (Å²) in [4.78, 5) is 32.5. The first kappa shape index (κ1) is 22.6. The van der Waals surface area contributed by atoms with Crippen molar-refractivity contribution >= 4 is 29.4 Å². The fourth-order valence-electron chi connectivity index (χ4n) is 4.51. The second-order valence-electron chi connectivity index (χ2n) is 8.83. The van der Waals surface area contributed by atoms with Crippen molar-refractivity contribution < 1.29 is 18.0 Å². The molecule has 4 rings (SSSR count). The third-order valence-electron chi connectivity index (χ3n) is 6.47. The van der Waals surface area contributed by atoms with Gasteiger partial charge in [-0.1, -0.05) is 0 Å². The van der Waals surface area contributed by atoms with Crippen LogP contribution in [0.3, 0.4) is 0 Å². The van der Waals surface area contributed by atoms with Crippen LogP contribution in [0, 0.1) is 10.8 Å².